The van der Waals surface area contributed by atoms with E-state index < -0.39 is 36.3 Å². The standard InChI is InChI=1S/C20H19N3O7/c1-2-7-21-20(28)22-16(24)11-30-19(27)12-5-6-14-15(9-12)18(26)23(17(14)25)10-13-4-3-8-29-13/h3-6,8-9H,2,7,10-11H2,1H3,(H2,21,22,24,28). The maximum absolute atomic E-state index is 12.6. The van der Waals surface area contributed by atoms with Gasteiger partial charge in [0, 0.05) is 6.54 Å². The Balaban J connectivity index is 1.61. The molecular weight excluding hydrogens is 394 g/mol. The normalized spacial score (nSPS) is 12.5. The van der Waals surface area contributed by atoms with E-state index in [0.717, 1.165) is 4.90 Å². The van der Waals surface area contributed by atoms with Crippen molar-refractivity contribution in [2.75, 3.05) is 13.2 Å². The molecular formula is C20H19N3O7. The van der Waals surface area contributed by atoms with Gasteiger partial charge >= 0.3 is 12.0 Å². The quantitative estimate of drug-likeness (QED) is 0.518. The van der Waals surface area contributed by atoms with E-state index in [1.807, 2.05) is 12.2 Å². The van der Waals surface area contributed by atoms with E-state index >= 15 is 0 Å². The van der Waals surface area contributed by atoms with E-state index in [-0.39, 0.29) is 23.2 Å². The van der Waals surface area contributed by atoms with Crippen molar-refractivity contribution >= 4 is 29.7 Å². The van der Waals surface area contributed by atoms with Crippen LogP contribution in [0.4, 0.5) is 4.79 Å². The summed E-state index contributed by atoms with van der Waals surface area (Å²) in [5, 5.41) is 4.47. The number of nitrogens with zero attached hydrogens (tertiary/aromatic N) is 1. The minimum atomic E-state index is -0.869. The number of benzene rings is 1. The molecule has 2 heterocycles. The molecule has 0 bridgehead atoms. The molecule has 0 atom stereocenters. The Kier molecular flexibility index (Phi) is 6.26. The Morgan fingerprint density at radius 1 is 1.10 bits per heavy atom. The minimum Gasteiger partial charge on any atom is -0.467 e. The molecule has 0 spiro atoms. The summed E-state index contributed by atoms with van der Waals surface area (Å²) < 4.78 is 10.0. The number of rotatable bonds is 7. The number of fused-ring (bicyclic) bond motifs is 1. The highest BCUT2D eigenvalue weighted by molar-refractivity contribution is 6.21. The zero-order chi connectivity index (χ0) is 21.7. The van der Waals surface area contributed by atoms with E-state index in [1.54, 1.807) is 12.1 Å². The van der Waals surface area contributed by atoms with Crippen LogP contribution < -0.4 is 10.6 Å². The molecule has 0 fully saturated rings. The molecule has 10 heteroatoms. The number of esters is 1. The lowest BCUT2D eigenvalue weighted by Crippen LogP contribution is -2.41. The third-order valence-electron chi connectivity index (χ3n) is 4.22. The first-order valence-corrected chi connectivity index (χ1v) is 9.18. The molecule has 2 aromatic rings. The van der Waals surface area contributed by atoms with Gasteiger partial charge in [-0.05, 0) is 36.8 Å². The van der Waals surface area contributed by atoms with E-state index in [1.165, 1.54) is 24.5 Å². The molecule has 0 radical (unpaired) electrons. The summed E-state index contributed by atoms with van der Waals surface area (Å²) in [6.45, 7) is 1.55. The fraction of sp³-hybridized carbons (Fsp3) is 0.250. The van der Waals surface area contributed by atoms with Gasteiger partial charge in [-0.3, -0.25) is 24.6 Å². The Bertz CT molecular complexity index is 998. The van der Waals surface area contributed by atoms with Crippen molar-refractivity contribution in [3.63, 3.8) is 0 Å². The highest BCUT2D eigenvalue weighted by Gasteiger charge is 2.36. The Hall–Kier alpha value is -3.95. The van der Waals surface area contributed by atoms with Gasteiger partial charge in [0.2, 0.25) is 0 Å². The summed E-state index contributed by atoms with van der Waals surface area (Å²) in [5.74, 6) is -2.28. The predicted octanol–water partition coefficient (Wildman–Crippen LogP) is 1.47. The van der Waals surface area contributed by atoms with Crippen molar-refractivity contribution in [2.24, 2.45) is 0 Å². The number of hydrogen-bond acceptors (Lipinski definition) is 7. The van der Waals surface area contributed by atoms with Gasteiger partial charge in [-0.15, -0.1) is 0 Å². The first-order valence-electron chi connectivity index (χ1n) is 9.18. The van der Waals surface area contributed by atoms with Crippen molar-refractivity contribution in [3.8, 4) is 0 Å². The van der Waals surface area contributed by atoms with Gasteiger partial charge in [-0.25, -0.2) is 9.59 Å². The SMILES string of the molecule is CCCNC(=O)NC(=O)COC(=O)c1ccc2c(c1)C(=O)N(Cc1ccco1)C2=O. The molecule has 1 aromatic heterocycles. The van der Waals surface area contributed by atoms with Crippen LogP contribution in [-0.2, 0) is 16.1 Å². The number of ether oxygens (including phenoxy) is 1. The van der Waals surface area contributed by atoms with Crippen LogP contribution in [0.5, 0.6) is 0 Å². The molecule has 3 rings (SSSR count). The molecule has 1 aliphatic rings. The number of carbonyl (C=O) groups is 5. The van der Waals surface area contributed by atoms with Crippen molar-refractivity contribution in [1.29, 1.82) is 0 Å². The molecule has 30 heavy (non-hydrogen) atoms. The van der Waals surface area contributed by atoms with Gasteiger partial charge < -0.3 is 14.5 Å². The topological polar surface area (TPSA) is 135 Å². The van der Waals surface area contributed by atoms with Crippen LogP contribution in [0.25, 0.3) is 0 Å². The number of carbonyl (C=O) groups excluding carboxylic acids is 5. The van der Waals surface area contributed by atoms with Crippen LogP contribution in [0, 0.1) is 0 Å². The molecule has 1 aliphatic heterocycles. The van der Waals surface area contributed by atoms with E-state index in [4.69, 9.17) is 9.15 Å². The van der Waals surface area contributed by atoms with Crippen molar-refractivity contribution in [2.45, 2.75) is 19.9 Å². The first-order chi connectivity index (χ1) is 14.4. The van der Waals surface area contributed by atoms with Crippen LogP contribution in [-0.4, -0.2) is 47.8 Å². The summed E-state index contributed by atoms with van der Waals surface area (Å²) in [7, 11) is 0. The third-order valence-corrected chi connectivity index (χ3v) is 4.22. The Morgan fingerprint density at radius 3 is 2.57 bits per heavy atom. The van der Waals surface area contributed by atoms with Crippen molar-refractivity contribution < 1.29 is 33.1 Å². The summed E-state index contributed by atoms with van der Waals surface area (Å²) in [6.07, 6.45) is 2.14. The molecule has 0 aliphatic carbocycles. The van der Waals surface area contributed by atoms with Gasteiger partial charge in [0.1, 0.15) is 5.76 Å². The highest BCUT2D eigenvalue weighted by atomic mass is 16.5. The number of furan rings is 1. The Labute approximate surface area is 171 Å². The lowest BCUT2D eigenvalue weighted by molar-refractivity contribution is -0.123. The van der Waals surface area contributed by atoms with Crippen LogP contribution >= 0.6 is 0 Å². The van der Waals surface area contributed by atoms with E-state index in [0.29, 0.717) is 18.7 Å². The van der Waals surface area contributed by atoms with Crippen molar-refractivity contribution in [3.05, 3.63) is 59.0 Å². The average molecular weight is 413 g/mol. The summed E-state index contributed by atoms with van der Waals surface area (Å²) >= 11 is 0. The van der Waals surface area contributed by atoms with Crippen molar-refractivity contribution in [1.82, 2.24) is 15.5 Å². The number of imide groups is 2. The molecule has 1 aromatic carbocycles. The molecule has 10 nitrogen and oxygen atoms in total. The smallest absolute Gasteiger partial charge is 0.338 e. The second kappa shape index (κ2) is 9.03. The maximum Gasteiger partial charge on any atom is 0.338 e. The summed E-state index contributed by atoms with van der Waals surface area (Å²) in [4.78, 5) is 61.3. The molecule has 156 valence electrons. The lowest BCUT2D eigenvalue weighted by atomic mass is 10.1. The fourth-order valence-corrected chi connectivity index (χ4v) is 2.78. The highest BCUT2D eigenvalue weighted by Crippen LogP contribution is 2.26. The average Bonchev–Trinajstić information content (AvgIpc) is 3.33. The van der Waals surface area contributed by atoms with Gasteiger partial charge in [0.25, 0.3) is 17.7 Å². The predicted molar refractivity (Wildman–Crippen MR) is 101 cm³/mol. The second-order valence-electron chi connectivity index (χ2n) is 6.42. The van der Waals surface area contributed by atoms with Crippen LogP contribution in [0.15, 0.2) is 41.0 Å². The number of nitrogens with one attached hydrogen (secondary N) is 2. The number of hydrogen-bond donors (Lipinski definition) is 2. The summed E-state index contributed by atoms with van der Waals surface area (Å²) in [6, 6.07) is 6.52. The zero-order valence-corrected chi connectivity index (χ0v) is 16.1. The number of urea groups is 1. The van der Waals surface area contributed by atoms with Gasteiger partial charge in [-0.1, -0.05) is 6.92 Å². The monoisotopic (exact) mass is 413 g/mol. The molecule has 2 N–H and O–H groups in total. The van der Waals surface area contributed by atoms with Crippen LogP contribution in [0.3, 0.4) is 0 Å². The second-order valence-corrected chi connectivity index (χ2v) is 6.42. The molecule has 0 saturated heterocycles. The van der Waals surface area contributed by atoms with Crippen LogP contribution in [0.1, 0.15) is 50.2 Å². The molecule has 5 amide bonds. The lowest BCUT2D eigenvalue weighted by Gasteiger charge is -2.11. The van der Waals surface area contributed by atoms with Gasteiger partial charge in [-0.2, -0.15) is 0 Å². The van der Waals surface area contributed by atoms with Gasteiger partial charge in [0.05, 0.1) is 29.5 Å². The molecule has 0 saturated carbocycles. The molecule has 0 unspecified atom stereocenters. The zero-order valence-electron chi connectivity index (χ0n) is 16.1. The van der Waals surface area contributed by atoms with Crippen LogP contribution in [0.2, 0.25) is 0 Å². The minimum absolute atomic E-state index is 0.00187. The summed E-state index contributed by atoms with van der Waals surface area (Å²) in [5.41, 5.74) is 0.218. The van der Waals surface area contributed by atoms with E-state index in [9.17, 15) is 24.0 Å². The maximum atomic E-state index is 12.6. The Morgan fingerprint density at radius 2 is 1.87 bits per heavy atom. The fourth-order valence-electron chi connectivity index (χ4n) is 2.78. The van der Waals surface area contributed by atoms with E-state index in [2.05, 4.69) is 5.32 Å². The first kappa shape index (κ1) is 20.8. The third kappa shape index (κ3) is 4.54. The number of amides is 5. The largest absolute Gasteiger partial charge is 0.467 e. The van der Waals surface area contributed by atoms with Gasteiger partial charge in [0.15, 0.2) is 6.61 Å².